The predicted octanol–water partition coefficient (Wildman–Crippen LogP) is 2.60. The molecule has 35 heavy (non-hydrogen) atoms. The highest BCUT2D eigenvalue weighted by molar-refractivity contribution is 5.99. The van der Waals surface area contributed by atoms with Gasteiger partial charge < -0.3 is 24.4 Å². The Labute approximate surface area is 208 Å². The molecule has 1 spiro atoms. The molecule has 4 aliphatic rings. The van der Waals surface area contributed by atoms with E-state index < -0.39 is 35.0 Å². The molecule has 2 saturated heterocycles. The summed E-state index contributed by atoms with van der Waals surface area (Å²) in [5.41, 5.74) is -2.27. The Balaban J connectivity index is 1.76. The summed E-state index contributed by atoms with van der Waals surface area (Å²) in [7, 11) is 0. The molecule has 0 bridgehead atoms. The number of aliphatic hydroxyl groups excluding tert-OH is 1. The lowest BCUT2D eigenvalue weighted by atomic mass is 9.74. The molecule has 4 rings (SSSR count). The molecule has 8 heteroatoms. The van der Waals surface area contributed by atoms with Crippen LogP contribution in [0.3, 0.4) is 0 Å². The van der Waals surface area contributed by atoms with E-state index >= 15 is 0 Å². The second-order valence-electron chi connectivity index (χ2n) is 10.7. The summed E-state index contributed by atoms with van der Waals surface area (Å²) in [6.45, 7) is 7.09. The topological polar surface area (TPSA) is 96.4 Å². The van der Waals surface area contributed by atoms with Crippen LogP contribution in [0.15, 0.2) is 24.3 Å². The van der Waals surface area contributed by atoms with Crippen molar-refractivity contribution in [2.75, 3.05) is 26.3 Å². The zero-order chi connectivity index (χ0) is 25.2. The SMILES string of the molecule is CC(C)N1CC=C[C@]23O[C@@]4(C)/C=C\CCCCOC(=O)[C@H]4[C@H]2C(=O)N(CCCCCCO)C3C1=O. The molecule has 0 aromatic rings. The Morgan fingerprint density at radius 2 is 1.80 bits per heavy atom. The summed E-state index contributed by atoms with van der Waals surface area (Å²) >= 11 is 0. The van der Waals surface area contributed by atoms with Crippen molar-refractivity contribution >= 4 is 17.8 Å². The van der Waals surface area contributed by atoms with E-state index in [1.807, 2.05) is 45.1 Å². The minimum atomic E-state index is -1.22. The number of allylic oxidation sites excluding steroid dienone is 1. The number of carbonyl (C=O) groups excluding carboxylic acids is 3. The third-order valence-electron chi connectivity index (χ3n) is 7.96. The summed E-state index contributed by atoms with van der Waals surface area (Å²) in [4.78, 5) is 44.9. The van der Waals surface area contributed by atoms with E-state index in [2.05, 4.69) is 0 Å². The molecule has 1 unspecified atom stereocenters. The zero-order valence-corrected chi connectivity index (χ0v) is 21.3. The molecule has 4 heterocycles. The van der Waals surface area contributed by atoms with Gasteiger partial charge in [0.2, 0.25) is 11.8 Å². The summed E-state index contributed by atoms with van der Waals surface area (Å²) in [5, 5.41) is 9.08. The molecule has 2 fully saturated rings. The van der Waals surface area contributed by atoms with Gasteiger partial charge in [0, 0.05) is 25.7 Å². The molecule has 0 aliphatic carbocycles. The molecular formula is C27H40N2O6. The van der Waals surface area contributed by atoms with E-state index in [1.54, 1.807) is 9.80 Å². The maximum Gasteiger partial charge on any atom is 0.313 e. The number of hydrogen-bond donors (Lipinski definition) is 1. The van der Waals surface area contributed by atoms with Gasteiger partial charge in [0.05, 0.1) is 18.1 Å². The van der Waals surface area contributed by atoms with E-state index in [1.165, 1.54) is 0 Å². The molecule has 2 amide bonds. The number of cyclic esters (lactones) is 1. The maximum absolute atomic E-state index is 14.1. The second-order valence-corrected chi connectivity index (χ2v) is 10.7. The highest BCUT2D eigenvalue weighted by atomic mass is 16.6. The maximum atomic E-state index is 14.1. The number of likely N-dealkylation sites (tertiary alicyclic amines) is 1. The summed E-state index contributed by atoms with van der Waals surface area (Å²) in [5.74, 6) is -2.42. The molecule has 194 valence electrons. The Kier molecular flexibility index (Phi) is 7.71. The molecular weight excluding hydrogens is 448 g/mol. The lowest BCUT2D eigenvalue weighted by Crippen LogP contribution is -2.57. The highest BCUT2D eigenvalue weighted by Gasteiger charge is 2.74. The number of hydrogen-bond acceptors (Lipinski definition) is 6. The fourth-order valence-electron chi connectivity index (χ4n) is 6.27. The molecule has 0 saturated carbocycles. The lowest BCUT2D eigenvalue weighted by molar-refractivity contribution is -0.160. The molecule has 8 nitrogen and oxygen atoms in total. The third-order valence-corrected chi connectivity index (χ3v) is 7.96. The first-order chi connectivity index (χ1) is 16.8. The van der Waals surface area contributed by atoms with Crippen LogP contribution in [0.5, 0.6) is 0 Å². The average molecular weight is 489 g/mol. The largest absolute Gasteiger partial charge is 0.465 e. The van der Waals surface area contributed by atoms with Crippen molar-refractivity contribution in [3.05, 3.63) is 24.3 Å². The van der Waals surface area contributed by atoms with Crippen molar-refractivity contribution in [1.29, 1.82) is 0 Å². The highest BCUT2D eigenvalue weighted by Crippen LogP contribution is 2.57. The summed E-state index contributed by atoms with van der Waals surface area (Å²) < 4.78 is 12.4. The minimum absolute atomic E-state index is 0.0367. The van der Waals surface area contributed by atoms with Crippen LogP contribution in [0.4, 0.5) is 0 Å². The summed E-state index contributed by atoms with van der Waals surface area (Å²) in [6, 6.07) is -0.861. The van der Waals surface area contributed by atoms with Crippen molar-refractivity contribution in [3.8, 4) is 0 Å². The normalized spacial score (nSPS) is 36.0. The van der Waals surface area contributed by atoms with Crippen LogP contribution in [0.25, 0.3) is 0 Å². The minimum Gasteiger partial charge on any atom is -0.465 e. The van der Waals surface area contributed by atoms with E-state index in [0.29, 0.717) is 26.1 Å². The first-order valence-electron chi connectivity index (χ1n) is 13.2. The smallest absolute Gasteiger partial charge is 0.313 e. The molecule has 0 aromatic heterocycles. The standard InChI is InChI=1S/C27H40N2O6/c1-19(2)28-16-12-14-27-20(21-25(33)34-18-11-7-4-8-13-26(21,3)35-27)23(31)29(22(27)24(28)32)15-9-5-6-10-17-30/h8,12-14,19-22,30H,4-7,9-11,15-18H2,1-3H3/b13-8-/t20-,21+,22?,26-,27-/m0/s1. The van der Waals surface area contributed by atoms with Gasteiger partial charge >= 0.3 is 5.97 Å². The van der Waals surface area contributed by atoms with Crippen LogP contribution in [0.1, 0.15) is 65.7 Å². The Hall–Kier alpha value is -2.19. The zero-order valence-electron chi connectivity index (χ0n) is 21.3. The fraction of sp³-hybridized carbons (Fsp3) is 0.741. The molecule has 1 N–H and O–H groups in total. The van der Waals surface area contributed by atoms with Crippen LogP contribution in [0.2, 0.25) is 0 Å². The van der Waals surface area contributed by atoms with Gasteiger partial charge in [-0.3, -0.25) is 14.4 Å². The first-order valence-corrected chi connectivity index (χ1v) is 13.2. The Morgan fingerprint density at radius 3 is 2.54 bits per heavy atom. The van der Waals surface area contributed by atoms with Crippen molar-refractivity contribution < 1.29 is 29.0 Å². The van der Waals surface area contributed by atoms with Gasteiger partial charge in [-0.05, 0) is 52.9 Å². The second kappa shape index (κ2) is 10.4. The van der Waals surface area contributed by atoms with Crippen LogP contribution in [0, 0.1) is 11.8 Å². The number of aliphatic hydroxyl groups is 1. The van der Waals surface area contributed by atoms with Gasteiger partial charge in [-0.1, -0.05) is 37.1 Å². The van der Waals surface area contributed by atoms with E-state index in [0.717, 1.165) is 38.5 Å². The third kappa shape index (κ3) is 4.55. The van der Waals surface area contributed by atoms with Crippen LogP contribution in [-0.2, 0) is 23.9 Å². The molecule has 0 aromatic carbocycles. The van der Waals surface area contributed by atoms with Gasteiger partial charge in [0.1, 0.15) is 17.6 Å². The molecule has 5 atom stereocenters. The van der Waals surface area contributed by atoms with Crippen LogP contribution in [-0.4, -0.2) is 82.3 Å². The molecule has 4 aliphatic heterocycles. The monoisotopic (exact) mass is 488 g/mol. The van der Waals surface area contributed by atoms with Crippen molar-refractivity contribution in [2.24, 2.45) is 11.8 Å². The summed E-state index contributed by atoms with van der Waals surface area (Å²) in [6.07, 6.45) is 13.4. The van der Waals surface area contributed by atoms with Gasteiger partial charge in [0.25, 0.3) is 0 Å². The Bertz CT molecular complexity index is 885. The van der Waals surface area contributed by atoms with Gasteiger partial charge in [-0.2, -0.15) is 0 Å². The van der Waals surface area contributed by atoms with Crippen LogP contribution >= 0.6 is 0 Å². The number of nitrogens with zero attached hydrogens (tertiary/aromatic N) is 2. The first kappa shape index (κ1) is 25.9. The van der Waals surface area contributed by atoms with E-state index in [-0.39, 0.29) is 24.5 Å². The number of ether oxygens (including phenoxy) is 2. The Morgan fingerprint density at radius 1 is 1.03 bits per heavy atom. The fourth-order valence-corrected chi connectivity index (χ4v) is 6.27. The number of unbranched alkanes of at least 4 members (excludes halogenated alkanes) is 3. The quantitative estimate of drug-likeness (QED) is 0.336. The van der Waals surface area contributed by atoms with Crippen molar-refractivity contribution in [1.82, 2.24) is 9.80 Å². The van der Waals surface area contributed by atoms with E-state index in [9.17, 15) is 14.4 Å². The van der Waals surface area contributed by atoms with Gasteiger partial charge in [0.15, 0.2) is 0 Å². The van der Waals surface area contributed by atoms with Gasteiger partial charge in [-0.15, -0.1) is 0 Å². The number of carbonyl (C=O) groups is 3. The van der Waals surface area contributed by atoms with Gasteiger partial charge in [-0.25, -0.2) is 0 Å². The molecule has 0 radical (unpaired) electrons. The van der Waals surface area contributed by atoms with E-state index in [4.69, 9.17) is 14.6 Å². The predicted molar refractivity (Wildman–Crippen MR) is 130 cm³/mol. The number of fused-ring (bicyclic) bond motifs is 2. The number of amides is 2. The number of esters is 1. The van der Waals surface area contributed by atoms with Crippen LogP contribution < -0.4 is 0 Å². The van der Waals surface area contributed by atoms with Crippen molar-refractivity contribution in [2.45, 2.75) is 89.0 Å². The number of rotatable bonds is 7. The average Bonchev–Trinajstić information content (AvgIpc) is 3.13. The van der Waals surface area contributed by atoms with Crippen molar-refractivity contribution in [3.63, 3.8) is 0 Å². The lowest BCUT2D eigenvalue weighted by Gasteiger charge is -2.38.